The lowest BCUT2D eigenvalue weighted by molar-refractivity contribution is 0.165. The first-order chi connectivity index (χ1) is 8.67. The molecule has 1 heterocycles. The third-order valence-electron chi connectivity index (χ3n) is 3.45. The van der Waals surface area contributed by atoms with E-state index in [1.807, 2.05) is 0 Å². The molecule has 1 unspecified atom stereocenters. The molecular weight excluding hydrogens is 300 g/mol. The van der Waals surface area contributed by atoms with E-state index in [0.717, 1.165) is 30.0 Å². The molecule has 0 N–H and O–H groups in total. The predicted octanol–water partition coefficient (Wildman–Crippen LogP) is 3.96. The van der Waals surface area contributed by atoms with Crippen molar-refractivity contribution in [2.45, 2.75) is 25.8 Å². The van der Waals surface area contributed by atoms with E-state index in [1.165, 1.54) is 31.4 Å². The van der Waals surface area contributed by atoms with Crippen molar-refractivity contribution in [3.8, 4) is 0 Å². The SMILES string of the molecule is Fc1cc(F)cc(CN2CCCC(CCBr)C2)c1. The second-order valence-corrected chi connectivity index (χ2v) is 5.79. The van der Waals surface area contributed by atoms with Crippen LogP contribution in [0.4, 0.5) is 8.78 Å². The van der Waals surface area contributed by atoms with Crippen LogP contribution in [0.15, 0.2) is 18.2 Å². The van der Waals surface area contributed by atoms with E-state index in [-0.39, 0.29) is 0 Å². The van der Waals surface area contributed by atoms with Crippen LogP contribution in [-0.4, -0.2) is 23.3 Å². The lowest BCUT2D eigenvalue weighted by atomic mass is 9.95. The van der Waals surface area contributed by atoms with Crippen LogP contribution >= 0.6 is 15.9 Å². The minimum atomic E-state index is -0.487. The topological polar surface area (TPSA) is 3.24 Å². The molecule has 0 saturated carbocycles. The van der Waals surface area contributed by atoms with Gasteiger partial charge in [-0.05, 0) is 49.4 Å². The average molecular weight is 318 g/mol. The molecule has 18 heavy (non-hydrogen) atoms. The summed E-state index contributed by atoms with van der Waals surface area (Å²) >= 11 is 3.47. The van der Waals surface area contributed by atoms with Crippen molar-refractivity contribution in [1.82, 2.24) is 4.90 Å². The Morgan fingerprint density at radius 1 is 1.22 bits per heavy atom. The van der Waals surface area contributed by atoms with Gasteiger partial charge in [0.15, 0.2) is 0 Å². The summed E-state index contributed by atoms with van der Waals surface area (Å²) in [5.74, 6) is -0.269. The normalized spacial score (nSPS) is 21.2. The molecule has 1 aliphatic heterocycles. The van der Waals surface area contributed by atoms with E-state index in [4.69, 9.17) is 0 Å². The van der Waals surface area contributed by atoms with E-state index in [0.29, 0.717) is 12.5 Å². The molecule has 100 valence electrons. The first kappa shape index (κ1) is 13.9. The minimum Gasteiger partial charge on any atom is -0.299 e. The Morgan fingerprint density at radius 2 is 1.94 bits per heavy atom. The predicted molar refractivity (Wildman–Crippen MR) is 72.8 cm³/mol. The van der Waals surface area contributed by atoms with Gasteiger partial charge in [0.2, 0.25) is 0 Å². The van der Waals surface area contributed by atoms with Gasteiger partial charge in [-0.2, -0.15) is 0 Å². The molecule has 4 heteroatoms. The maximum Gasteiger partial charge on any atom is 0.126 e. The third-order valence-corrected chi connectivity index (χ3v) is 3.91. The molecule has 1 aliphatic rings. The van der Waals surface area contributed by atoms with Gasteiger partial charge in [0.1, 0.15) is 11.6 Å². The maximum absolute atomic E-state index is 13.1. The zero-order valence-electron chi connectivity index (χ0n) is 10.3. The molecule has 1 fully saturated rings. The van der Waals surface area contributed by atoms with Crippen molar-refractivity contribution >= 4 is 15.9 Å². The fourth-order valence-electron chi connectivity index (χ4n) is 2.65. The van der Waals surface area contributed by atoms with Crippen molar-refractivity contribution in [3.05, 3.63) is 35.4 Å². The molecule has 1 saturated heterocycles. The Labute approximate surface area is 115 Å². The Kier molecular flexibility index (Phi) is 5.13. The number of rotatable bonds is 4. The van der Waals surface area contributed by atoms with Crippen molar-refractivity contribution in [1.29, 1.82) is 0 Å². The molecule has 0 aromatic heterocycles. The molecule has 1 aromatic rings. The van der Waals surface area contributed by atoms with Gasteiger partial charge < -0.3 is 0 Å². The van der Waals surface area contributed by atoms with Crippen LogP contribution in [0.3, 0.4) is 0 Å². The van der Waals surface area contributed by atoms with Gasteiger partial charge in [0.25, 0.3) is 0 Å². The van der Waals surface area contributed by atoms with Crippen molar-refractivity contribution in [3.63, 3.8) is 0 Å². The summed E-state index contributed by atoms with van der Waals surface area (Å²) in [7, 11) is 0. The number of likely N-dealkylation sites (tertiary alicyclic amines) is 1. The van der Waals surface area contributed by atoms with Crippen LogP contribution in [0, 0.1) is 17.6 Å². The van der Waals surface area contributed by atoms with Crippen LogP contribution in [0.5, 0.6) is 0 Å². The summed E-state index contributed by atoms with van der Waals surface area (Å²) in [6.45, 7) is 2.70. The highest BCUT2D eigenvalue weighted by Crippen LogP contribution is 2.22. The van der Waals surface area contributed by atoms with Crippen LogP contribution in [0.25, 0.3) is 0 Å². The monoisotopic (exact) mass is 317 g/mol. The van der Waals surface area contributed by atoms with E-state index in [2.05, 4.69) is 20.8 Å². The number of alkyl halides is 1. The van der Waals surface area contributed by atoms with E-state index >= 15 is 0 Å². The molecule has 0 bridgehead atoms. The Balaban J connectivity index is 1.95. The first-order valence-electron chi connectivity index (χ1n) is 6.40. The largest absolute Gasteiger partial charge is 0.299 e. The van der Waals surface area contributed by atoms with Gasteiger partial charge in [-0.3, -0.25) is 4.90 Å². The number of piperidine rings is 1. The fourth-order valence-corrected chi connectivity index (χ4v) is 3.29. The summed E-state index contributed by atoms with van der Waals surface area (Å²) in [6, 6.07) is 3.78. The molecule has 0 aliphatic carbocycles. The molecule has 1 aromatic carbocycles. The Morgan fingerprint density at radius 3 is 2.61 bits per heavy atom. The molecule has 0 radical (unpaired) electrons. The molecule has 0 amide bonds. The van der Waals surface area contributed by atoms with Crippen LogP contribution in [0.2, 0.25) is 0 Å². The van der Waals surface area contributed by atoms with Gasteiger partial charge in [-0.1, -0.05) is 15.9 Å². The van der Waals surface area contributed by atoms with Crippen LogP contribution in [0.1, 0.15) is 24.8 Å². The minimum absolute atomic E-state index is 0.487. The van der Waals surface area contributed by atoms with Gasteiger partial charge >= 0.3 is 0 Å². The first-order valence-corrected chi connectivity index (χ1v) is 7.53. The van der Waals surface area contributed by atoms with Crippen molar-refractivity contribution in [2.24, 2.45) is 5.92 Å². The Bertz CT molecular complexity index is 375. The Hall–Kier alpha value is -0.480. The standard InChI is InChI=1S/C14H18BrF2N/c15-4-3-11-2-1-5-18(9-11)10-12-6-13(16)8-14(17)7-12/h6-8,11H,1-5,9-10H2. The van der Waals surface area contributed by atoms with Crippen molar-refractivity contribution in [2.75, 3.05) is 18.4 Å². The van der Waals surface area contributed by atoms with Crippen LogP contribution < -0.4 is 0 Å². The highest BCUT2D eigenvalue weighted by atomic mass is 79.9. The molecule has 2 rings (SSSR count). The highest BCUT2D eigenvalue weighted by Gasteiger charge is 2.19. The average Bonchev–Trinajstić information content (AvgIpc) is 2.28. The number of hydrogen-bond donors (Lipinski definition) is 0. The molecule has 0 spiro atoms. The second-order valence-electron chi connectivity index (χ2n) is 5.00. The maximum atomic E-state index is 13.1. The van der Waals surface area contributed by atoms with E-state index in [9.17, 15) is 8.78 Å². The molecule has 1 nitrogen and oxygen atoms in total. The number of nitrogens with zero attached hydrogens (tertiary/aromatic N) is 1. The van der Waals surface area contributed by atoms with Gasteiger partial charge in [-0.15, -0.1) is 0 Å². The summed E-state index contributed by atoms with van der Waals surface area (Å²) in [6.07, 6.45) is 3.61. The highest BCUT2D eigenvalue weighted by molar-refractivity contribution is 9.09. The number of halogens is 3. The van der Waals surface area contributed by atoms with Crippen LogP contribution in [-0.2, 0) is 6.54 Å². The third kappa shape index (κ3) is 4.02. The fraction of sp³-hybridized carbons (Fsp3) is 0.571. The quantitative estimate of drug-likeness (QED) is 0.760. The molecule has 1 atom stereocenters. The number of hydrogen-bond acceptors (Lipinski definition) is 1. The van der Waals surface area contributed by atoms with Crippen molar-refractivity contribution < 1.29 is 8.78 Å². The smallest absolute Gasteiger partial charge is 0.126 e. The zero-order chi connectivity index (χ0) is 13.0. The van der Waals surface area contributed by atoms with Gasteiger partial charge in [-0.25, -0.2) is 8.78 Å². The number of benzene rings is 1. The lowest BCUT2D eigenvalue weighted by Gasteiger charge is -2.32. The van der Waals surface area contributed by atoms with Gasteiger partial charge in [0.05, 0.1) is 0 Å². The van der Waals surface area contributed by atoms with E-state index < -0.39 is 11.6 Å². The second kappa shape index (κ2) is 6.62. The summed E-state index contributed by atoms with van der Waals surface area (Å²) in [5, 5.41) is 1.03. The zero-order valence-corrected chi connectivity index (χ0v) is 11.9. The summed E-state index contributed by atoms with van der Waals surface area (Å²) in [5.41, 5.74) is 0.729. The summed E-state index contributed by atoms with van der Waals surface area (Å²) in [4.78, 5) is 2.30. The summed E-state index contributed by atoms with van der Waals surface area (Å²) < 4.78 is 26.2. The van der Waals surface area contributed by atoms with Gasteiger partial charge in [0, 0.05) is 24.5 Å². The molecular formula is C14H18BrF2N. The lowest BCUT2D eigenvalue weighted by Crippen LogP contribution is -2.35. The van der Waals surface area contributed by atoms with E-state index in [1.54, 1.807) is 0 Å².